The number of benzene rings is 1. The first kappa shape index (κ1) is 14.3. The van der Waals surface area contributed by atoms with Gasteiger partial charge in [-0.05, 0) is 42.3 Å². The van der Waals surface area contributed by atoms with Crippen LogP contribution in [-0.4, -0.2) is 23.8 Å². The Morgan fingerprint density at radius 1 is 1.23 bits per heavy atom. The number of hydrogen-bond donors (Lipinski definition) is 1. The summed E-state index contributed by atoms with van der Waals surface area (Å²) in [6.45, 7) is 1.81. The number of rotatable bonds is 6. The topological polar surface area (TPSA) is 52.5 Å². The molecule has 5 heteroatoms. The Morgan fingerprint density at radius 3 is 2.91 bits per heavy atom. The van der Waals surface area contributed by atoms with Gasteiger partial charge in [0.15, 0.2) is 11.5 Å². The summed E-state index contributed by atoms with van der Waals surface area (Å²) < 4.78 is 12.6. The number of amides is 1. The van der Waals surface area contributed by atoms with Crippen LogP contribution in [0.2, 0.25) is 0 Å². The quantitative estimate of drug-likeness (QED) is 0.658. The van der Waals surface area contributed by atoms with E-state index in [9.17, 15) is 4.79 Å². The zero-order valence-corrected chi connectivity index (χ0v) is 12.2. The largest absolute Gasteiger partial charge is 0.454 e. The zero-order valence-electron chi connectivity index (χ0n) is 12.2. The summed E-state index contributed by atoms with van der Waals surface area (Å²) in [4.78, 5) is 11.8. The number of hydrogen-bond acceptors (Lipinski definition) is 3. The second kappa shape index (κ2) is 6.85. The Hall–Kier alpha value is -2.69. The zero-order chi connectivity index (χ0) is 15.2. The lowest BCUT2D eigenvalue weighted by Crippen LogP contribution is -2.22. The first-order valence-electron chi connectivity index (χ1n) is 7.27. The van der Waals surface area contributed by atoms with Gasteiger partial charge < -0.3 is 19.4 Å². The first-order chi connectivity index (χ1) is 10.8. The molecule has 1 amide bonds. The molecule has 1 N–H and O–H groups in total. The molecule has 114 valence electrons. The van der Waals surface area contributed by atoms with Crippen LogP contribution in [0.4, 0.5) is 0 Å². The molecular weight excluding hydrogens is 280 g/mol. The third-order valence-electron chi connectivity index (χ3n) is 3.38. The summed E-state index contributed by atoms with van der Waals surface area (Å²) in [5, 5.41) is 2.87. The van der Waals surface area contributed by atoms with Crippen molar-refractivity contribution < 1.29 is 14.3 Å². The molecule has 0 radical (unpaired) electrons. The van der Waals surface area contributed by atoms with Crippen molar-refractivity contribution in [3.63, 3.8) is 0 Å². The van der Waals surface area contributed by atoms with Gasteiger partial charge in [-0.15, -0.1) is 0 Å². The molecule has 3 rings (SSSR count). The van der Waals surface area contributed by atoms with Crippen LogP contribution in [0.3, 0.4) is 0 Å². The molecule has 2 heterocycles. The van der Waals surface area contributed by atoms with Crippen LogP contribution in [0.1, 0.15) is 12.0 Å². The van der Waals surface area contributed by atoms with E-state index < -0.39 is 0 Å². The number of aryl methyl sites for hydroxylation is 1. The van der Waals surface area contributed by atoms with E-state index >= 15 is 0 Å². The van der Waals surface area contributed by atoms with Crippen molar-refractivity contribution in [3.8, 4) is 11.5 Å². The maximum atomic E-state index is 11.8. The third-order valence-corrected chi connectivity index (χ3v) is 3.38. The lowest BCUT2D eigenvalue weighted by atomic mass is 10.2. The molecule has 0 saturated carbocycles. The smallest absolute Gasteiger partial charge is 0.244 e. The summed E-state index contributed by atoms with van der Waals surface area (Å²) in [7, 11) is 0. The van der Waals surface area contributed by atoms with E-state index in [1.165, 1.54) is 6.08 Å². The predicted octanol–water partition coefficient (Wildman–Crippen LogP) is 2.44. The minimum absolute atomic E-state index is 0.0924. The summed E-state index contributed by atoms with van der Waals surface area (Å²) >= 11 is 0. The second-order valence-corrected chi connectivity index (χ2v) is 5.01. The van der Waals surface area contributed by atoms with Gasteiger partial charge in [-0.1, -0.05) is 6.07 Å². The van der Waals surface area contributed by atoms with E-state index in [4.69, 9.17) is 9.47 Å². The van der Waals surface area contributed by atoms with Gasteiger partial charge in [0.25, 0.3) is 0 Å². The minimum Gasteiger partial charge on any atom is -0.454 e. The highest BCUT2D eigenvalue weighted by Gasteiger charge is 2.12. The average molecular weight is 298 g/mol. The molecule has 1 aliphatic rings. The van der Waals surface area contributed by atoms with Crippen molar-refractivity contribution in [1.82, 2.24) is 9.88 Å². The Morgan fingerprint density at radius 2 is 2.05 bits per heavy atom. The SMILES string of the molecule is O=C(/C=C/c1ccc2c(c1)OCO2)NCCCn1cccc1. The molecule has 1 aromatic heterocycles. The van der Waals surface area contributed by atoms with Crippen LogP contribution < -0.4 is 14.8 Å². The van der Waals surface area contributed by atoms with E-state index in [-0.39, 0.29) is 12.7 Å². The maximum Gasteiger partial charge on any atom is 0.244 e. The molecule has 1 aromatic carbocycles. The second-order valence-electron chi connectivity index (χ2n) is 5.01. The highest BCUT2D eigenvalue weighted by molar-refractivity contribution is 5.91. The van der Waals surface area contributed by atoms with E-state index in [1.807, 2.05) is 42.7 Å². The lowest BCUT2D eigenvalue weighted by molar-refractivity contribution is -0.116. The maximum absolute atomic E-state index is 11.8. The van der Waals surface area contributed by atoms with E-state index in [2.05, 4.69) is 9.88 Å². The van der Waals surface area contributed by atoms with Crippen molar-refractivity contribution in [3.05, 3.63) is 54.4 Å². The summed E-state index contributed by atoms with van der Waals surface area (Å²) in [5.41, 5.74) is 0.909. The normalized spacial score (nSPS) is 12.7. The Bertz CT molecular complexity index is 663. The molecule has 0 spiro atoms. The first-order valence-corrected chi connectivity index (χ1v) is 7.27. The van der Waals surface area contributed by atoms with Gasteiger partial charge in [-0.25, -0.2) is 0 Å². The number of nitrogens with one attached hydrogen (secondary N) is 1. The summed E-state index contributed by atoms with van der Waals surface area (Å²) in [5.74, 6) is 1.37. The molecule has 0 bridgehead atoms. The van der Waals surface area contributed by atoms with Crippen molar-refractivity contribution in [1.29, 1.82) is 0 Å². The predicted molar refractivity (Wildman–Crippen MR) is 83.7 cm³/mol. The van der Waals surface area contributed by atoms with Crippen LogP contribution in [0, 0.1) is 0 Å². The molecule has 0 saturated heterocycles. The van der Waals surface area contributed by atoms with Crippen molar-refractivity contribution >= 4 is 12.0 Å². The minimum atomic E-state index is -0.0924. The van der Waals surface area contributed by atoms with Crippen LogP contribution in [0.5, 0.6) is 11.5 Å². The number of carbonyl (C=O) groups excluding carboxylic acids is 1. The Kier molecular flexibility index (Phi) is 4.44. The van der Waals surface area contributed by atoms with Gasteiger partial charge in [0.05, 0.1) is 0 Å². The molecule has 5 nitrogen and oxygen atoms in total. The Balaban J connectivity index is 1.43. The van der Waals surface area contributed by atoms with Gasteiger partial charge in [-0.2, -0.15) is 0 Å². The molecule has 0 unspecified atom stereocenters. The summed E-state index contributed by atoms with van der Waals surface area (Å²) in [6.07, 6.45) is 8.23. The van der Waals surface area contributed by atoms with E-state index in [0.29, 0.717) is 12.3 Å². The van der Waals surface area contributed by atoms with E-state index in [1.54, 1.807) is 6.08 Å². The highest BCUT2D eigenvalue weighted by atomic mass is 16.7. The fourth-order valence-electron chi connectivity index (χ4n) is 2.24. The Labute approximate surface area is 129 Å². The van der Waals surface area contributed by atoms with Crippen LogP contribution in [0.25, 0.3) is 6.08 Å². The number of ether oxygens (including phenoxy) is 2. The third kappa shape index (κ3) is 3.69. The monoisotopic (exact) mass is 298 g/mol. The molecule has 0 aliphatic carbocycles. The number of aromatic nitrogens is 1. The van der Waals surface area contributed by atoms with Crippen LogP contribution in [0.15, 0.2) is 48.8 Å². The molecule has 1 aliphatic heterocycles. The van der Waals surface area contributed by atoms with Crippen LogP contribution in [-0.2, 0) is 11.3 Å². The van der Waals surface area contributed by atoms with Gasteiger partial charge in [0.1, 0.15) is 0 Å². The number of nitrogens with zero attached hydrogens (tertiary/aromatic N) is 1. The lowest BCUT2D eigenvalue weighted by Gasteiger charge is -2.03. The van der Waals surface area contributed by atoms with Crippen molar-refractivity contribution in [2.75, 3.05) is 13.3 Å². The standard InChI is InChI=1S/C17H18N2O3/c20-17(18-8-3-11-19-9-1-2-10-19)7-5-14-4-6-15-16(12-14)22-13-21-15/h1-2,4-7,9-10,12H,3,8,11,13H2,(H,18,20)/b7-5+. The molecular formula is C17H18N2O3. The molecule has 0 atom stereocenters. The van der Waals surface area contributed by atoms with Crippen molar-refractivity contribution in [2.24, 2.45) is 0 Å². The molecule has 0 fully saturated rings. The highest BCUT2D eigenvalue weighted by Crippen LogP contribution is 2.32. The van der Waals surface area contributed by atoms with Gasteiger partial charge in [0.2, 0.25) is 12.7 Å². The number of carbonyl (C=O) groups is 1. The van der Waals surface area contributed by atoms with Crippen LogP contribution >= 0.6 is 0 Å². The summed E-state index contributed by atoms with van der Waals surface area (Å²) in [6, 6.07) is 9.58. The van der Waals surface area contributed by atoms with Gasteiger partial charge in [-0.3, -0.25) is 4.79 Å². The van der Waals surface area contributed by atoms with Gasteiger partial charge >= 0.3 is 0 Å². The fourth-order valence-corrected chi connectivity index (χ4v) is 2.24. The van der Waals surface area contributed by atoms with Crippen molar-refractivity contribution in [2.45, 2.75) is 13.0 Å². The molecule has 22 heavy (non-hydrogen) atoms. The fraction of sp³-hybridized carbons (Fsp3) is 0.235. The van der Waals surface area contributed by atoms with Gasteiger partial charge in [0, 0.05) is 31.6 Å². The average Bonchev–Trinajstić information content (AvgIpc) is 3.20. The van der Waals surface area contributed by atoms with E-state index in [0.717, 1.165) is 24.3 Å². The number of fused-ring (bicyclic) bond motifs is 1. The molecule has 2 aromatic rings.